The zero-order valence-corrected chi connectivity index (χ0v) is 28.7. The molecule has 0 N–H and O–H groups in total. The van der Waals surface area contributed by atoms with Crippen molar-refractivity contribution in [2.45, 2.75) is 0 Å². The van der Waals surface area contributed by atoms with Crippen molar-refractivity contribution in [1.29, 1.82) is 0 Å². The molecule has 10 aromatic rings. The number of nitrogens with zero attached hydrogens (tertiary/aromatic N) is 5. The second kappa shape index (κ2) is 12.5. The number of para-hydroxylation sites is 3. The van der Waals surface area contributed by atoms with Crippen molar-refractivity contribution >= 4 is 43.4 Å². The predicted octanol–water partition coefficient (Wildman–Crippen LogP) is 11.9. The molecule has 3 aromatic heterocycles. The Morgan fingerprint density at radius 2 is 0.942 bits per heavy atom. The monoisotopic (exact) mass is 683 g/mol. The Kier molecular flexibility index (Phi) is 7.25. The Morgan fingerprint density at radius 1 is 0.385 bits per heavy atom. The largest absolute Gasteiger partial charge is 0.309 e. The van der Waals surface area contributed by atoms with E-state index in [4.69, 9.17) is 19.9 Å². The summed E-state index contributed by atoms with van der Waals surface area (Å²) in [5.41, 5.74) is 10.3. The normalized spacial score (nSPS) is 11.5. The highest BCUT2D eigenvalue weighted by Gasteiger charge is 2.21. The number of benzene rings is 7. The van der Waals surface area contributed by atoms with Crippen LogP contribution in [0.15, 0.2) is 176 Å². The lowest BCUT2D eigenvalue weighted by atomic mass is 9.99. The SMILES string of the molecule is c1ccc(-c2nc(-c3ccc(-n4c5ccccc5c5ccccc54)c(-c4nc5ccccc5s4)c3)nc(-c3ccccc3-c3ccccc3)n2)cc1. The zero-order chi connectivity index (χ0) is 34.4. The van der Waals surface area contributed by atoms with Gasteiger partial charge in [-0.1, -0.05) is 133 Å². The highest BCUT2D eigenvalue weighted by molar-refractivity contribution is 7.21. The van der Waals surface area contributed by atoms with Crippen LogP contribution in [-0.4, -0.2) is 24.5 Å². The lowest BCUT2D eigenvalue weighted by Gasteiger charge is -2.15. The number of hydrogen-bond acceptors (Lipinski definition) is 5. The van der Waals surface area contributed by atoms with Crippen LogP contribution in [-0.2, 0) is 0 Å². The second-order valence-electron chi connectivity index (χ2n) is 12.7. The third kappa shape index (κ3) is 5.16. The second-order valence-corrected chi connectivity index (χ2v) is 13.7. The Labute approximate surface area is 304 Å². The Balaban J connectivity index is 1.23. The number of rotatable bonds is 6. The van der Waals surface area contributed by atoms with Crippen molar-refractivity contribution in [3.8, 4) is 61.5 Å². The molecule has 0 unspecified atom stereocenters. The van der Waals surface area contributed by atoms with Gasteiger partial charge in [0.15, 0.2) is 17.5 Å². The Hall–Kier alpha value is -6.76. The summed E-state index contributed by atoms with van der Waals surface area (Å²) in [5.74, 6) is 1.84. The fourth-order valence-corrected chi connectivity index (χ4v) is 8.09. The summed E-state index contributed by atoms with van der Waals surface area (Å²) < 4.78 is 3.50. The minimum atomic E-state index is 0.600. The third-order valence-corrected chi connectivity index (χ3v) is 10.6. The van der Waals surface area contributed by atoms with Crippen LogP contribution in [0.1, 0.15) is 0 Å². The molecule has 0 saturated carbocycles. The number of hydrogen-bond donors (Lipinski definition) is 0. The van der Waals surface area contributed by atoms with E-state index in [-0.39, 0.29) is 0 Å². The van der Waals surface area contributed by atoms with Gasteiger partial charge in [-0.3, -0.25) is 0 Å². The van der Waals surface area contributed by atoms with Crippen molar-refractivity contribution in [3.05, 3.63) is 176 Å². The molecule has 10 rings (SSSR count). The topological polar surface area (TPSA) is 56.5 Å². The molecule has 0 aliphatic rings. The van der Waals surface area contributed by atoms with Crippen LogP contribution in [0.3, 0.4) is 0 Å². The van der Waals surface area contributed by atoms with E-state index in [0.29, 0.717) is 17.5 Å². The smallest absolute Gasteiger partial charge is 0.164 e. The molecule has 0 aliphatic heterocycles. The summed E-state index contributed by atoms with van der Waals surface area (Å²) in [4.78, 5) is 20.6. The molecule has 7 aromatic carbocycles. The maximum Gasteiger partial charge on any atom is 0.164 e. The van der Waals surface area contributed by atoms with Crippen molar-refractivity contribution in [2.24, 2.45) is 0 Å². The molecular formula is C46H29N5S. The van der Waals surface area contributed by atoms with Crippen LogP contribution in [0.5, 0.6) is 0 Å². The van der Waals surface area contributed by atoms with Crippen LogP contribution in [0, 0.1) is 0 Å². The highest BCUT2D eigenvalue weighted by Crippen LogP contribution is 2.41. The molecule has 0 atom stereocenters. The summed E-state index contributed by atoms with van der Waals surface area (Å²) >= 11 is 1.70. The number of fused-ring (bicyclic) bond motifs is 4. The molecule has 0 radical (unpaired) electrons. The summed E-state index contributed by atoms with van der Waals surface area (Å²) in [7, 11) is 0. The number of thiazole rings is 1. The van der Waals surface area contributed by atoms with E-state index < -0.39 is 0 Å². The van der Waals surface area contributed by atoms with Gasteiger partial charge in [-0.2, -0.15) is 0 Å². The van der Waals surface area contributed by atoms with Crippen LogP contribution >= 0.6 is 11.3 Å². The van der Waals surface area contributed by atoms with Crippen LogP contribution in [0.4, 0.5) is 0 Å². The van der Waals surface area contributed by atoms with Crippen molar-refractivity contribution in [1.82, 2.24) is 24.5 Å². The zero-order valence-electron chi connectivity index (χ0n) is 27.9. The first-order valence-electron chi connectivity index (χ1n) is 17.2. The maximum absolute atomic E-state index is 5.21. The Bertz CT molecular complexity index is 2820. The van der Waals surface area contributed by atoms with Gasteiger partial charge in [-0.15, -0.1) is 11.3 Å². The fraction of sp³-hybridized carbons (Fsp3) is 0. The molecule has 0 bridgehead atoms. The average molecular weight is 684 g/mol. The van der Waals surface area contributed by atoms with Crippen LogP contribution in [0.25, 0.3) is 93.6 Å². The van der Waals surface area contributed by atoms with Gasteiger partial charge in [0, 0.05) is 33.0 Å². The highest BCUT2D eigenvalue weighted by atomic mass is 32.1. The minimum absolute atomic E-state index is 0.600. The first kappa shape index (κ1) is 30.1. The third-order valence-electron chi connectivity index (χ3n) is 9.52. The summed E-state index contributed by atoms with van der Waals surface area (Å²) in [6.45, 7) is 0. The molecule has 5 nitrogen and oxygen atoms in total. The van der Waals surface area contributed by atoms with Crippen molar-refractivity contribution in [2.75, 3.05) is 0 Å². The average Bonchev–Trinajstić information content (AvgIpc) is 3.81. The van der Waals surface area contributed by atoms with Crippen LogP contribution < -0.4 is 0 Å². The maximum atomic E-state index is 5.21. The summed E-state index contributed by atoms with van der Waals surface area (Å²) in [5, 5.41) is 3.36. The Morgan fingerprint density at radius 3 is 1.65 bits per heavy atom. The van der Waals surface area contributed by atoms with E-state index in [0.717, 1.165) is 65.3 Å². The van der Waals surface area contributed by atoms with Gasteiger partial charge < -0.3 is 4.57 Å². The van der Waals surface area contributed by atoms with Gasteiger partial charge in [0.2, 0.25) is 0 Å². The first-order chi connectivity index (χ1) is 25.8. The molecule has 0 amide bonds. The first-order valence-corrected chi connectivity index (χ1v) is 18.1. The quantitative estimate of drug-likeness (QED) is 0.175. The predicted molar refractivity (Wildman–Crippen MR) is 215 cm³/mol. The van der Waals surface area contributed by atoms with E-state index >= 15 is 0 Å². The molecule has 52 heavy (non-hydrogen) atoms. The summed E-state index contributed by atoms with van der Waals surface area (Å²) in [6.07, 6.45) is 0. The minimum Gasteiger partial charge on any atom is -0.309 e. The van der Waals surface area contributed by atoms with Crippen LogP contribution in [0.2, 0.25) is 0 Å². The molecule has 6 heteroatoms. The molecule has 244 valence electrons. The van der Waals surface area contributed by atoms with Gasteiger partial charge in [-0.25, -0.2) is 19.9 Å². The van der Waals surface area contributed by atoms with E-state index in [2.05, 4.69) is 132 Å². The molecule has 0 saturated heterocycles. The van der Waals surface area contributed by atoms with E-state index in [9.17, 15) is 0 Å². The van der Waals surface area contributed by atoms with Gasteiger partial charge in [0.05, 0.1) is 26.9 Å². The van der Waals surface area contributed by atoms with Gasteiger partial charge in [0.25, 0.3) is 0 Å². The van der Waals surface area contributed by atoms with E-state index in [1.54, 1.807) is 11.3 Å². The molecule has 3 heterocycles. The molecule has 0 spiro atoms. The van der Waals surface area contributed by atoms with Crippen molar-refractivity contribution < 1.29 is 0 Å². The fourth-order valence-electron chi connectivity index (χ4n) is 7.10. The molecule has 0 aliphatic carbocycles. The lowest BCUT2D eigenvalue weighted by molar-refractivity contribution is 1.07. The molecule has 0 fully saturated rings. The van der Waals surface area contributed by atoms with E-state index in [1.807, 2.05) is 48.5 Å². The van der Waals surface area contributed by atoms with Gasteiger partial charge in [-0.05, 0) is 53.6 Å². The van der Waals surface area contributed by atoms with Gasteiger partial charge >= 0.3 is 0 Å². The standard InChI is InChI=1S/C46H29N5S/c1-3-15-30(16-4-1)33-19-7-8-22-36(33)45-49-43(31-17-5-2-6-18-31)48-44(50-45)32-27-28-41(37(29-32)46-47-38-23-11-14-26-42(38)52-46)51-39-24-12-9-20-34(39)35-21-10-13-25-40(35)51/h1-29H. The van der Waals surface area contributed by atoms with E-state index in [1.165, 1.54) is 10.8 Å². The summed E-state index contributed by atoms with van der Waals surface area (Å²) in [6, 6.07) is 60.9. The number of aromatic nitrogens is 5. The lowest BCUT2D eigenvalue weighted by Crippen LogP contribution is -2.02. The van der Waals surface area contributed by atoms with Crippen molar-refractivity contribution in [3.63, 3.8) is 0 Å². The van der Waals surface area contributed by atoms with Gasteiger partial charge in [0.1, 0.15) is 5.01 Å². The molecular weight excluding hydrogens is 655 g/mol.